The van der Waals surface area contributed by atoms with Gasteiger partial charge in [0.05, 0.1) is 6.04 Å². The number of halogens is 3. The molecule has 1 heterocycles. The summed E-state index contributed by atoms with van der Waals surface area (Å²) < 4.78 is 35.8. The maximum absolute atomic E-state index is 11.9. The second-order valence-electron chi connectivity index (χ2n) is 4.40. The molecule has 1 aliphatic heterocycles. The second-order valence-corrected chi connectivity index (χ2v) is 5.56. The average Bonchev–Trinajstić information content (AvgIpc) is 2.96. The molecule has 0 aromatic rings. The first-order valence-corrected chi connectivity index (χ1v) is 6.70. The molecule has 1 unspecified atom stereocenters. The van der Waals surface area contributed by atoms with Gasteiger partial charge in [-0.25, -0.2) is 0 Å². The first-order valence-electron chi connectivity index (χ1n) is 5.71. The Hall–Kier alpha value is -0.430. The van der Waals surface area contributed by atoms with E-state index in [2.05, 4.69) is 5.32 Å². The molecule has 2 fully saturated rings. The molecule has 1 saturated heterocycles. The number of hydrogen-bond donors (Lipinski definition) is 1. The molecule has 1 amide bonds. The maximum atomic E-state index is 11.9. The van der Waals surface area contributed by atoms with Gasteiger partial charge in [-0.05, 0) is 31.0 Å². The minimum atomic E-state index is -4.20. The van der Waals surface area contributed by atoms with E-state index < -0.39 is 5.51 Å². The molecule has 98 valence electrons. The number of amides is 1. The molecule has 7 heteroatoms. The van der Waals surface area contributed by atoms with Crippen molar-refractivity contribution >= 4 is 17.7 Å². The Kier molecular flexibility index (Phi) is 3.87. The highest BCUT2D eigenvalue weighted by molar-refractivity contribution is 8.00. The predicted molar refractivity (Wildman–Crippen MR) is 59.7 cm³/mol. The number of carbonyl (C=O) groups is 1. The Morgan fingerprint density at radius 3 is 2.65 bits per heavy atom. The van der Waals surface area contributed by atoms with Gasteiger partial charge in [0.1, 0.15) is 0 Å². The predicted octanol–water partition coefficient (Wildman–Crippen LogP) is 1.59. The second kappa shape index (κ2) is 5.06. The number of rotatable bonds is 5. The zero-order chi connectivity index (χ0) is 12.5. The van der Waals surface area contributed by atoms with Gasteiger partial charge in [0, 0.05) is 24.9 Å². The van der Waals surface area contributed by atoms with Gasteiger partial charge in [0.2, 0.25) is 5.91 Å². The Bertz CT molecular complexity index is 294. The van der Waals surface area contributed by atoms with Crippen molar-refractivity contribution in [1.29, 1.82) is 0 Å². The molecule has 0 radical (unpaired) electrons. The van der Waals surface area contributed by atoms with Crippen LogP contribution in [0.3, 0.4) is 0 Å². The van der Waals surface area contributed by atoms with Crippen molar-refractivity contribution < 1.29 is 18.0 Å². The molecule has 0 spiro atoms. The van der Waals surface area contributed by atoms with E-state index in [9.17, 15) is 18.0 Å². The van der Waals surface area contributed by atoms with Gasteiger partial charge >= 0.3 is 5.51 Å². The number of carbonyl (C=O) groups excluding carboxylic acids is 1. The lowest BCUT2D eigenvalue weighted by Crippen LogP contribution is -2.40. The van der Waals surface area contributed by atoms with Crippen LogP contribution in [0.2, 0.25) is 0 Å². The van der Waals surface area contributed by atoms with Crippen molar-refractivity contribution in [1.82, 2.24) is 10.2 Å². The molecular weight excluding hydrogens is 253 g/mol. The van der Waals surface area contributed by atoms with Crippen LogP contribution >= 0.6 is 11.8 Å². The van der Waals surface area contributed by atoms with E-state index in [1.807, 2.05) is 0 Å². The summed E-state index contributed by atoms with van der Waals surface area (Å²) in [5, 5.41) is 3.22. The number of thioether (sulfide) groups is 1. The van der Waals surface area contributed by atoms with Gasteiger partial charge in [0.25, 0.3) is 0 Å². The largest absolute Gasteiger partial charge is 0.441 e. The summed E-state index contributed by atoms with van der Waals surface area (Å²) in [4.78, 5) is 13.3. The number of alkyl halides is 3. The lowest BCUT2D eigenvalue weighted by molar-refractivity contribution is -0.129. The molecule has 2 rings (SSSR count). The van der Waals surface area contributed by atoms with Crippen LogP contribution in [0.15, 0.2) is 0 Å². The molecule has 3 nitrogen and oxygen atoms in total. The molecule has 1 N–H and O–H groups in total. The topological polar surface area (TPSA) is 32.3 Å². The third-order valence-electron chi connectivity index (χ3n) is 2.94. The van der Waals surface area contributed by atoms with Gasteiger partial charge in [-0.2, -0.15) is 13.2 Å². The highest BCUT2D eigenvalue weighted by Gasteiger charge is 2.36. The highest BCUT2D eigenvalue weighted by atomic mass is 32.2. The molecule has 1 saturated carbocycles. The molecule has 1 atom stereocenters. The summed E-state index contributed by atoms with van der Waals surface area (Å²) in [6.07, 6.45) is 2.92. The van der Waals surface area contributed by atoms with Crippen LogP contribution in [0.1, 0.15) is 19.3 Å². The quantitative estimate of drug-likeness (QED) is 0.822. The van der Waals surface area contributed by atoms with Crippen LogP contribution in [0.5, 0.6) is 0 Å². The van der Waals surface area contributed by atoms with Gasteiger partial charge in [0.15, 0.2) is 0 Å². The average molecular weight is 268 g/mol. The maximum Gasteiger partial charge on any atom is 0.441 e. The summed E-state index contributed by atoms with van der Waals surface area (Å²) in [7, 11) is 0. The fourth-order valence-corrected chi connectivity index (χ4v) is 2.46. The molecule has 1 aliphatic carbocycles. The summed E-state index contributed by atoms with van der Waals surface area (Å²) >= 11 is -0.0644. The molecule has 0 bridgehead atoms. The molecule has 0 aromatic heterocycles. The lowest BCUT2D eigenvalue weighted by Gasteiger charge is -2.17. The summed E-state index contributed by atoms with van der Waals surface area (Å²) in [5.41, 5.74) is -4.20. The SMILES string of the molecule is O=C1C(NC2CC2)CCN1CCSC(F)(F)F. The van der Waals surface area contributed by atoms with Crippen LogP contribution in [0.4, 0.5) is 13.2 Å². The van der Waals surface area contributed by atoms with Crippen molar-refractivity contribution in [3.05, 3.63) is 0 Å². The smallest absolute Gasteiger partial charge is 0.340 e. The minimum absolute atomic E-state index is 0.0420. The Balaban J connectivity index is 1.69. The normalized spacial score (nSPS) is 25.7. The molecule has 2 aliphatic rings. The fraction of sp³-hybridized carbons (Fsp3) is 0.900. The van der Waals surface area contributed by atoms with E-state index in [1.54, 1.807) is 0 Å². The van der Waals surface area contributed by atoms with Crippen molar-refractivity contribution in [3.63, 3.8) is 0 Å². The number of nitrogens with one attached hydrogen (secondary N) is 1. The van der Waals surface area contributed by atoms with Crippen LogP contribution in [-0.2, 0) is 4.79 Å². The number of hydrogen-bond acceptors (Lipinski definition) is 3. The molecule has 17 heavy (non-hydrogen) atoms. The Morgan fingerprint density at radius 2 is 2.06 bits per heavy atom. The van der Waals surface area contributed by atoms with Crippen LogP contribution in [0.25, 0.3) is 0 Å². The van der Waals surface area contributed by atoms with Gasteiger partial charge in [-0.15, -0.1) is 0 Å². The summed E-state index contributed by atoms with van der Waals surface area (Å²) in [6, 6.07) is 0.284. The van der Waals surface area contributed by atoms with Crippen LogP contribution in [0, 0.1) is 0 Å². The van der Waals surface area contributed by atoms with Gasteiger partial charge < -0.3 is 10.2 Å². The fourth-order valence-electron chi connectivity index (χ4n) is 1.92. The monoisotopic (exact) mass is 268 g/mol. The van der Waals surface area contributed by atoms with E-state index in [-0.39, 0.29) is 36.0 Å². The van der Waals surface area contributed by atoms with Crippen molar-refractivity contribution in [3.8, 4) is 0 Å². The van der Waals surface area contributed by atoms with Crippen LogP contribution < -0.4 is 5.32 Å². The molecule has 0 aromatic carbocycles. The first kappa shape index (κ1) is 13.0. The number of likely N-dealkylation sites (tertiary alicyclic amines) is 1. The highest BCUT2D eigenvalue weighted by Crippen LogP contribution is 2.30. The van der Waals surface area contributed by atoms with Crippen molar-refractivity contribution in [2.45, 2.75) is 36.9 Å². The zero-order valence-corrected chi connectivity index (χ0v) is 10.1. The third kappa shape index (κ3) is 4.06. The van der Waals surface area contributed by atoms with E-state index in [0.717, 1.165) is 12.8 Å². The zero-order valence-electron chi connectivity index (χ0n) is 9.29. The Labute approximate surface area is 102 Å². The summed E-state index contributed by atoms with van der Waals surface area (Å²) in [5.74, 6) is -0.120. The third-order valence-corrected chi connectivity index (χ3v) is 3.65. The number of nitrogens with zero attached hydrogens (tertiary/aromatic N) is 1. The summed E-state index contributed by atoms with van der Waals surface area (Å²) in [6.45, 7) is 0.757. The van der Waals surface area contributed by atoms with E-state index in [1.165, 1.54) is 4.90 Å². The van der Waals surface area contributed by atoms with Crippen molar-refractivity contribution in [2.75, 3.05) is 18.8 Å². The molecular formula is C10H15F3N2OS. The van der Waals surface area contributed by atoms with Crippen molar-refractivity contribution in [2.24, 2.45) is 0 Å². The minimum Gasteiger partial charge on any atom is -0.340 e. The Morgan fingerprint density at radius 1 is 1.35 bits per heavy atom. The van der Waals surface area contributed by atoms with E-state index in [0.29, 0.717) is 19.0 Å². The van der Waals surface area contributed by atoms with Crippen LogP contribution in [-0.4, -0.2) is 47.2 Å². The van der Waals surface area contributed by atoms with E-state index >= 15 is 0 Å². The first-order chi connectivity index (χ1) is 7.96. The van der Waals surface area contributed by atoms with Gasteiger partial charge in [-0.3, -0.25) is 4.79 Å². The van der Waals surface area contributed by atoms with E-state index in [4.69, 9.17) is 0 Å². The lowest BCUT2D eigenvalue weighted by atomic mass is 10.2. The standard InChI is InChI=1S/C10H15F3N2OS/c11-10(12,13)17-6-5-15-4-3-8(9(15)16)14-7-1-2-7/h7-8,14H,1-6H2. The van der Waals surface area contributed by atoms with Gasteiger partial charge in [-0.1, -0.05) is 0 Å².